The Bertz CT molecular complexity index is 1790. The van der Waals surface area contributed by atoms with Crippen LogP contribution in [0.15, 0.2) is 73.6 Å². The lowest BCUT2D eigenvalue weighted by atomic mass is 10.1. The first-order valence-corrected chi connectivity index (χ1v) is 16.4. The van der Waals surface area contributed by atoms with E-state index in [-0.39, 0.29) is 0 Å². The first-order valence-electron chi connectivity index (χ1n) is 16.4. The molecule has 6 aromatic rings. The van der Waals surface area contributed by atoms with Crippen LogP contribution in [0.2, 0.25) is 0 Å². The second kappa shape index (κ2) is 14.0. The fourth-order valence-corrected chi connectivity index (χ4v) is 6.22. The number of H-pyrrole nitrogens is 3. The number of nitrogens with zero attached hydrogens (tertiary/aromatic N) is 3. The van der Waals surface area contributed by atoms with Crippen molar-refractivity contribution in [3.05, 3.63) is 73.6 Å². The molecule has 0 radical (unpaired) electrons. The molecule has 0 aromatic carbocycles. The Balaban J connectivity index is 0.000000109. The molecule has 9 rings (SSSR count). The predicted molar refractivity (Wildman–Crippen MR) is 183 cm³/mol. The molecule has 1 aliphatic heterocycles. The Morgan fingerprint density at radius 1 is 0.578 bits per heavy atom. The van der Waals surface area contributed by atoms with Gasteiger partial charge in [-0.3, -0.25) is 0 Å². The summed E-state index contributed by atoms with van der Waals surface area (Å²) < 4.78 is 5.35. The molecule has 234 valence electrons. The van der Waals surface area contributed by atoms with Crippen LogP contribution in [0.5, 0.6) is 0 Å². The molecule has 7 heterocycles. The van der Waals surface area contributed by atoms with Crippen molar-refractivity contribution in [2.24, 2.45) is 5.92 Å². The second-order valence-electron chi connectivity index (χ2n) is 12.3. The van der Waals surface area contributed by atoms with Crippen LogP contribution < -0.4 is 16.0 Å². The monoisotopic (exact) mass is 605 g/mol. The van der Waals surface area contributed by atoms with Crippen molar-refractivity contribution in [2.45, 2.75) is 63.5 Å². The highest BCUT2D eigenvalue weighted by atomic mass is 16.5. The molecular formula is C35H43N9O. The van der Waals surface area contributed by atoms with E-state index in [2.05, 4.69) is 70.1 Å². The van der Waals surface area contributed by atoms with Crippen LogP contribution in [0.25, 0.3) is 33.1 Å². The van der Waals surface area contributed by atoms with E-state index >= 15 is 0 Å². The summed E-state index contributed by atoms with van der Waals surface area (Å²) in [6.07, 6.45) is 21.6. The molecule has 0 atom stereocenters. The van der Waals surface area contributed by atoms with Crippen LogP contribution in [-0.4, -0.2) is 61.7 Å². The van der Waals surface area contributed by atoms with Gasteiger partial charge in [-0.15, -0.1) is 0 Å². The van der Waals surface area contributed by atoms with Crippen LogP contribution >= 0.6 is 0 Å². The molecule has 10 nitrogen and oxygen atoms in total. The van der Waals surface area contributed by atoms with Gasteiger partial charge in [-0.25, -0.2) is 15.0 Å². The number of pyridine rings is 3. The number of hydrogen-bond donors (Lipinski definition) is 6. The highest BCUT2D eigenvalue weighted by Crippen LogP contribution is 2.30. The molecule has 45 heavy (non-hydrogen) atoms. The van der Waals surface area contributed by atoms with Gasteiger partial charge in [0.15, 0.2) is 0 Å². The molecule has 0 unspecified atom stereocenters. The number of ether oxygens (including phenoxy) is 1. The van der Waals surface area contributed by atoms with Gasteiger partial charge in [-0.1, -0.05) is 12.8 Å². The van der Waals surface area contributed by atoms with Gasteiger partial charge in [0.1, 0.15) is 16.9 Å². The van der Waals surface area contributed by atoms with Gasteiger partial charge in [0.25, 0.3) is 0 Å². The molecule has 1 saturated heterocycles. The third kappa shape index (κ3) is 7.39. The van der Waals surface area contributed by atoms with Gasteiger partial charge < -0.3 is 35.6 Å². The molecule has 6 N–H and O–H groups in total. The highest BCUT2D eigenvalue weighted by Gasteiger charge is 2.21. The van der Waals surface area contributed by atoms with E-state index in [1.165, 1.54) is 60.7 Å². The topological polar surface area (TPSA) is 131 Å². The molecule has 10 heteroatoms. The summed E-state index contributed by atoms with van der Waals surface area (Å²) in [6, 6.07) is 13.5. The van der Waals surface area contributed by atoms with Crippen LogP contribution in [-0.2, 0) is 4.74 Å². The molecule has 3 aliphatic rings. The minimum Gasteiger partial charge on any atom is -0.384 e. The minimum absolute atomic E-state index is 0.522. The molecule has 0 spiro atoms. The third-order valence-corrected chi connectivity index (χ3v) is 8.95. The summed E-state index contributed by atoms with van der Waals surface area (Å²) in [5.41, 5.74) is 6.45. The first-order chi connectivity index (χ1) is 22.3. The van der Waals surface area contributed by atoms with E-state index in [4.69, 9.17) is 4.74 Å². The molecule has 0 amide bonds. The van der Waals surface area contributed by atoms with Crippen LogP contribution in [0.3, 0.4) is 0 Å². The number of nitrogens with one attached hydrogen (secondary N) is 6. The lowest BCUT2D eigenvalue weighted by Gasteiger charge is -2.24. The molecule has 3 fully saturated rings. The zero-order valence-electron chi connectivity index (χ0n) is 25.7. The highest BCUT2D eigenvalue weighted by molar-refractivity contribution is 5.90. The predicted octanol–water partition coefficient (Wildman–Crippen LogP) is 7.46. The molecule has 0 bridgehead atoms. The number of hydrogen-bond acceptors (Lipinski definition) is 7. The summed E-state index contributed by atoms with van der Waals surface area (Å²) in [5.74, 6) is 0.900. The van der Waals surface area contributed by atoms with E-state index in [9.17, 15) is 0 Å². The van der Waals surface area contributed by atoms with Crippen molar-refractivity contribution in [3.63, 3.8) is 0 Å². The van der Waals surface area contributed by atoms with E-state index in [1.54, 1.807) is 0 Å². The van der Waals surface area contributed by atoms with E-state index < -0.39 is 0 Å². The fourth-order valence-electron chi connectivity index (χ4n) is 6.22. The van der Waals surface area contributed by atoms with Crippen LogP contribution in [0.4, 0.5) is 17.1 Å². The number of fused-ring (bicyclic) bond motifs is 3. The smallest absolute Gasteiger partial charge is 0.139 e. The summed E-state index contributed by atoms with van der Waals surface area (Å²) in [7, 11) is 0. The van der Waals surface area contributed by atoms with Crippen molar-refractivity contribution >= 4 is 50.2 Å². The zero-order valence-corrected chi connectivity index (χ0v) is 25.7. The van der Waals surface area contributed by atoms with E-state index in [0.29, 0.717) is 12.1 Å². The molecular weight excluding hydrogens is 562 g/mol. The van der Waals surface area contributed by atoms with Crippen LogP contribution in [0, 0.1) is 5.92 Å². The average Bonchev–Trinajstić information content (AvgIpc) is 3.59. The normalized spacial score (nSPS) is 17.1. The van der Waals surface area contributed by atoms with Gasteiger partial charge in [0, 0.05) is 102 Å². The Morgan fingerprint density at radius 2 is 1.04 bits per heavy atom. The van der Waals surface area contributed by atoms with Gasteiger partial charge >= 0.3 is 0 Å². The van der Waals surface area contributed by atoms with Gasteiger partial charge in [-0.05, 0) is 80.8 Å². The van der Waals surface area contributed by atoms with Gasteiger partial charge in [0.2, 0.25) is 0 Å². The van der Waals surface area contributed by atoms with Crippen LogP contribution in [0.1, 0.15) is 51.4 Å². The number of anilines is 3. The SMILES string of the molecule is c1cc(NC2CCCC2)c2cc[nH]c2n1.c1cc(NC2CCOCC2)c2cc[nH]c2n1.c1cc(NCC2CC2)c2cc[nH]c2n1. The minimum atomic E-state index is 0.522. The van der Waals surface area contributed by atoms with Crippen molar-refractivity contribution in [3.8, 4) is 0 Å². The standard InChI is InChI=1S/C12H15N3O.C12H15N3.C11H13N3/c1-5-13-12-10(1)11(2-6-14-12)15-9-3-7-16-8-4-9;1-2-4-9(3-1)15-11-6-8-14-12-10(11)5-7-13-12;1-2-8(1)7-14-10-4-6-13-11-9(10)3-5-12-11/h1-2,5-6,9H,3-4,7-8H2,(H2,13,14,15);5-9H,1-4H2,(H2,13,14,15);3-6,8H,1-2,7H2,(H2,12,13,14). The first kappa shape index (κ1) is 29.2. The van der Waals surface area contributed by atoms with Crippen molar-refractivity contribution in [2.75, 3.05) is 35.7 Å². The molecule has 2 saturated carbocycles. The zero-order chi connectivity index (χ0) is 30.3. The Hall–Kier alpha value is -4.57. The quantitative estimate of drug-likeness (QED) is 0.111. The van der Waals surface area contributed by atoms with E-state index in [1.807, 2.05) is 49.3 Å². The van der Waals surface area contributed by atoms with E-state index in [0.717, 1.165) is 66.5 Å². The summed E-state index contributed by atoms with van der Waals surface area (Å²) in [6.45, 7) is 2.82. The second-order valence-corrected chi connectivity index (χ2v) is 12.3. The Kier molecular flexibility index (Phi) is 9.09. The number of rotatable bonds is 7. The van der Waals surface area contributed by atoms with Gasteiger partial charge in [-0.2, -0.15) is 0 Å². The van der Waals surface area contributed by atoms with Crippen molar-refractivity contribution in [1.29, 1.82) is 0 Å². The lowest BCUT2D eigenvalue weighted by molar-refractivity contribution is 0.0905. The Morgan fingerprint density at radius 3 is 1.56 bits per heavy atom. The molecule has 6 aromatic heterocycles. The lowest BCUT2D eigenvalue weighted by Crippen LogP contribution is -2.27. The maximum absolute atomic E-state index is 5.35. The fraction of sp³-hybridized carbons (Fsp3) is 0.400. The van der Waals surface area contributed by atoms with Gasteiger partial charge in [0.05, 0.1) is 0 Å². The van der Waals surface area contributed by atoms with Crippen molar-refractivity contribution < 1.29 is 4.74 Å². The maximum Gasteiger partial charge on any atom is 0.139 e. The Labute approximate surface area is 263 Å². The summed E-state index contributed by atoms with van der Waals surface area (Å²) >= 11 is 0. The number of aromatic nitrogens is 6. The largest absolute Gasteiger partial charge is 0.384 e. The number of aromatic amines is 3. The summed E-state index contributed by atoms with van der Waals surface area (Å²) in [4.78, 5) is 22.2. The third-order valence-electron chi connectivity index (χ3n) is 8.95. The summed E-state index contributed by atoms with van der Waals surface area (Å²) in [5, 5.41) is 14.2. The maximum atomic E-state index is 5.35. The van der Waals surface area contributed by atoms with Crippen molar-refractivity contribution in [1.82, 2.24) is 29.9 Å². The molecule has 2 aliphatic carbocycles. The average molecular weight is 606 g/mol.